The van der Waals surface area contributed by atoms with Crippen molar-refractivity contribution in [3.05, 3.63) is 0 Å². The van der Waals surface area contributed by atoms with Crippen LogP contribution in [0.15, 0.2) is 0 Å². The molecule has 1 fully saturated rings. The van der Waals surface area contributed by atoms with Crippen molar-refractivity contribution in [3.63, 3.8) is 0 Å². The van der Waals surface area contributed by atoms with E-state index in [2.05, 4.69) is 51.8 Å². The highest BCUT2D eigenvalue weighted by molar-refractivity contribution is 4.98. The summed E-state index contributed by atoms with van der Waals surface area (Å²) in [5, 5.41) is 3.84. The standard InChI is InChI=1S/C18H38N2/c1-7-15-12-11-13-16(14-15)17(19-8-2)18(5,6)20(9-3)10-4/h15-17,19H,7-14H2,1-6H3. The lowest BCUT2D eigenvalue weighted by Crippen LogP contribution is -2.61. The molecule has 2 heteroatoms. The van der Waals surface area contributed by atoms with Crippen molar-refractivity contribution < 1.29 is 0 Å². The number of nitrogens with one attached hydrogen (secondary N) is 1. The minimum absolute atomic E-state index is 0.250. The summed E-state index contributed by atoms with van der Waals surface area (Å²) in [7, 11) is 0. The molecule has 0 spiro atoms. The van der Waals surface area contributed by atoms with Crippen LogP contribution in [-0.2, 0) is 0 Å². The van der Waals surface area contributed by atoms with Crippen LogP contribution in [0, 0.1) is 11.8 Å². The molecule has 0 saturated heterocycles. The van der Waals surface area contributed by atoms with Gasteiger partial charge < -0.3 is 5.32 Å². The predicted octanol–water partition coefficient (Wildman–Crippen LogP) is 4.30. The summed E-state index contributed by atoms with van der Waals surface area (Å²) in [5.41, 5.74) is 0.250. The first-order valence-electron chi connectivity index (χ1n) is 8.99. The Morgan fingerprint density at radius 1 is 1.10 bits per heavy atom. The van der Waals surface area contributed by atoms with Gasteiger partial charge in [-0.2, -0.15) is 0 Å². The van der Waals surface area contributed by atoms with Crippen LogP contribution in [0.3, 0.4) is 0 Å². The molecule has 0 bridgehead atoms. The molecular formula is C18H38N2. The van der Waals surface area contributed by atoms with Gasteiger partial charge in [-0.05, 0) is 58.2 Å². The zero-order valence-corrected chi connectivity index (χ0v) is 14.8. The monoisotopic (exact) mass is 282 g/mol. The zero-order valence-electron chi connectivity index (χ0n) is 14.8. The maximum atomic E-state index is 3.84. The SMILES string of the molecule is CCNC(C1CCCC(CC)C1)C(C)(C)N(CC)CC. The van der Waals surface area contributed by atoms with E-state index in [4.69, 9.17) is 0 Å². The Bertz CT molecular complexity index is 258. The summed E-state index contributed by atoms with van der Waals surface area (Å²) in [6, 6.07) is 0.627. The Morgan fingerprint density at radius 3 is 2.25 bits per heavy atom. The van der Waals surface area contributed by atoms with E-state index < -0.39 is 0 Å². The number of rotatable bonds is 8. The van der Waals surface area contributed by atoms with Crippen molar-refractivity contribution >= 4 is 0 Å². The van der Waals surface area contributed by atoms with Crippen LogP contribution in [0.2, 0.25) is 0 Å². The molecule has 2 nitrogen and oxygen atoms in total. The van der Waals surface area contributed by atoms with Gasteiger partial charge in [0.25, 0.3) is 0 Å². The lowest BCUT2D eigenvalue weighted by molar-refractivity contribution is 0.0473. The lowest BCUT2D eigenvalue weighted by atomic mass is 9.71. The zero-order chi connectivity index (χ0) is 15.2. The molecule has 1 rings (SSSR count). The molecule has 0 heterocycles. The fourth-order valence-electron chi connectivity index (χ4n) is 4.45. The average Bonchev–Trinajstić information content (AvgIpc) is 2.45. The van der Waals surface area contributed by atoms with E-state index in [9.17, 15) is 0 Å². The van der Waals surface area contributed by atoms with Crippen LogP contribution in [0.5, 0.6) is 0 Å². The van der Waals surface area contributed by atoms with Crippen molar-refractivity contribution in [1.29, 1.82) is 0 Å². The summed E-state index contributed by atoms with van der Waals surface area (Å²) in [6.07, 6.45) is 7.09. The van der Waals surface area contributed by atoms with E-state index in [1.54, 1.807) is 0 Å². The first kappa shape index (κ1) is 18.0. The molecule has 1 N–H and O–H groups in total. The van der Waals surface area contributed by atoms with E-state index in [1.807, 2.05) is 0 Å². The maximum absolute atomic E-state index is 3.84. The summed E-state index contributed by atoms with van der Waals surface area (Å²) in [6.45, 7) is 17.5. The van der Waals surface area contributed by atoms with Crippen molar-refractivity contribution in [3.8, 4) is 0 Å². The fourth-order valence-corrected chi connectivity index (χ4v) is 4.45. The number of likely N-dealkylation sites (N-methyl/N-ethyl adjacent to an activating group) is 2. The summed E-state index contributed by atoms with van der Waals surface area (Å²) in [5.74, 6) is 1.81. The maximum Gasteiger partial charge on any atom is 0.0308 e. The van der Waals surface area contributed by atoms with Crippen LogP contribution in [-0.4, -0.2) is 36.1 Å². The van der Waals surface area contributed by atoms with Gasteiger partial charge in [0.15, 0.2) is 0 Å². The Labute approximate surface area is 127 Å². The molecule has 1 aliphatic rings. The minimum Gasteiger partial charge on any atom is -0.312 e. The first-order chi connectivity index (χ1) is 9.51. The van der Waals surface area contributed by atoms with Crippen LogP contribution in [0.4, 0.5) is 0 Å². The van der Waals surface area contributed by atoms with Gasteiger partial charge in [-0.1, -0.05) is 47.0 Å². The average molecular weight is 283 g/mol. The molecule has 20 heavy (non-hydrogen) atoms. The number of hydrogen-bond donors (Lipinski definition) is 1. The van der Waals surface area contributed by atoms with Crippen LogP contribution in [0.1, 0.15) is 73.6 Å². The topological polar surface area (TPSA) is 15.3 Å². The van der Waals surface area contributed by atoms with Crippen LogP contribution in [0.25, 0.3) is 0 Å². The third kappa shape index (κ3) is 4.21. The molecule has 0 aliphatic heterocycles. The highest BCUT2D eigenvalue weighted by Gasteiger charge is 2.39. The van der Waals surface area contributed by atoms with E-state index in [0.717, 1.165) is 31.5 Å². The molecule has 0 aromatic carbocycles. The van der Waals surface area contributed by atoms with Gasteiger partial charge in [0.2, 0.25) is 0 Å². The summed E-state index contributed by atoms with van der Waals surface area (Å²) in [4.78, 5) is 2.63. The van der Waals surface area contributed by atoms with Crippen molar-refractivity contribution in [2.24, 2.45) is 11.8 Å². The molecule has 1 saturated carbocycles. The van der Waals surface area contributed by atoms with Gasteiger partial charge in [0.1, 0.15) is 0 Å². The molecular weight excluding hydrogens is 244 g/mol. The second-order valence-corrected chi connectivity index (χ2v) is 7.06. The molecule has 3 unspecified atom stereocenters. The second kappa shape index (κ2) is 8.38. The van der Waals surface area contributed by atoms with Crippen molar-refractivity contribution in [2.45, 2.75) is 85.2 Å². The Balaban J connectivity index is 2.85. The van der Waals surface area contributed by atoms with Gasteiger partial charge in [-0.3, -0.25) is 4.90 Å². The van der Waals surface area contributed by atoms with Crippen LogP contribution >= 0.6 is 0 Å². The van der Waals surface area contributed by atoms with Gasteiger partial charge in [-0.15, -0.1) is 0 Å². The molecule has 0 aromatic rings. The van der Waals surface area contributed by atoms with E-state index in [0.29, 0.717) is 6.04 Å². The van der Waals surface area contributed by atoms with E-state index in [1.165, 1.54) is 32.1 Å². The Morgan fingerprint density at radius 2 is 1.75 bits per heavy atom. The highest BCUT2D eigenvalue weighted by Crippen LogP contribution is 2.37. The third-order valence-corrected chi connectivity index (χ3v) is 5.64. The normalized spacial score (nSPS) is 25.9. The molecule has 0 amide bonds. The molecule has 120 valence electrons. The second-order valence-electron chi connectivity index (χ2n) is 7.06. The summed E-state index contributed by atoms with van der Waals surface area (Å²) < 4.78 is 0. The smallest absolute Gasteiger partial charge is 0.0308 e. The number of nitrogens with zero attached hydrogens (tertiary/aromatic N) is 1. The van der Waals surface area contributed by atoms with Crippen molar-refractivity contribution in [2.75, 3.05) is 19.6 Å². The fraction of sp³-hybridized carbons (Fsp3) is 1.00. The largest absolute Gasteiger partial charge is 0.312 e. The van der Waals surface area contributed by atoms with Gasteiger partial charge >= 0.3 is 0 Å². The molecule has 0 radical (unpaired) electrons. The Hall–Kier alpha value is -0.0800. The van der Waals surface area contributed by atoms with Gasteiger partial charge in [0.05, 0.1) is 0 Å². The van der Waals surface area contributed by atoms with Gasteiger partial charge in [0, 0.05) is 11.6 Å². The predicted molar refractivity (Wildman–Crippen MR) is 90.2 cm³/mol. The lowest BCUT2D eigenvalue weighted by Gasteiger charge is -2.48. The quantitative estimate of drug-likeness (QED) is 0.714. The molecule has 1 aliphatic carbocycles. The van der Waals surface area contributed by atoms with Crippen molar-refractivity contribution in [1.82, 2.24) is 10.2 Å². The highest BCUT2D eigenvalue weighted by atomic mass is 15.2. The summed E-state index contributed by atoms with van der Waals surface area (Å²) >= 11 is 0. The Kier molecular flexibility index (Phi) is 7.53. The molecule has 0 aromatic heterocycles. The van der Waals surface area contributed by atoms with Gasteiger partial charge in [-0.25, -0.2) is 0 Å². The first-order valence-corrected chi connectivity index (χ1v) is 8.99. The third-order valence-electron chi connectivity index (χ3n) is 5.64. The van der Waals surface area contributed by atoms with E-state index >= 15 is 0 Å². The van der Waals surface area contributed by atoms with Crippen LogP contribution < -0.4 is 5.32 Å². The van der Waals surface area contributed by atoms with E-state index in [-0.39, 0.29) is 5.54 Å². The molecule has 3 atom stereocenters. The number of hydrogen-bond acceptors (Lipinski definition) is 2. The minimum atomic E-state index is 0.250.